The van der Waals surface area contributed by atoms with Gasteiger partial charge in [-0.3, -0.25) is 14.9 Å². The molecular weight excluding hydrogens is 408 g/mol. The maximum absolute atomic E-state index is 12.9. The zero-order valence-corrected chi connectivity index (χ0v) is 17.7. The highest BCUT2D eigenvalue weighted by Gasteiger charge is 2.26. The molecule has 0 aliphatic carbocycles. The predicted molar refractivity (Wildman–Crippen MR) is 114 cm³/mol. The van der Waals surface area contributed by atoms with Gasteiger partial charge in [-0.1, -0.05) is 12.5 Å². The molecule has 1 N–H and O–H groups in total. The third-order valence-electron chi connectivity index (χ3n) is 4.96. The zero-order chi connectivity index (χ0) is 21.9. The van der Waals surface area contributed by atoms with Crippen LogP contribution in [0, 0.1) is 10.1 Å². The Hall–Kier alpha value is -2.98. The van der Waals surface area contributed by atoms with Crippen LogP contribution in [-0.4, -0.2) is 50.7 Å². The van der Waals surface area contributed by atoms with Gasteiger partial charge >= 0.3 is 0 Å². The number of nitro groups is 1. The highest BCUT2D eigenvalue weighted by molar-refractivity contribution is 7.89. The molecule has 0 unspecified atom stereocenters. The van der Waals surface area contributed by atoms with Crippen molar-refractivity contribution in [2.24, 2.45) is 0 Å². The molecule has 10 heteroatoms. The summed E-state index contributed by atoms with van der Waals surface area (Å²) in [5.41, 5.74) is 0.732. The Labute approximate surface area is 175 Å². The van der Waals surface area contributed by atoms with Gasteiger partial charge in [0.25, 0.3) is 11.6 Å². The molecule has 0 aromatic heterocycles. The van der Waals surface area contributed by atoms with Crippen molar-refractivity contribution in [2.45, 2.75) is 24.2 Å². The van der Waals surface area contributed by atoms with E-state index in [1.807, 2.05) is 0 Å². The van der Waals surface area contributed by atoms with Crippen LogP contribution >= 0.6 is 0 Å². The van der Waals surface area contributed by atoms with Crippen LogP contribution in [-0.2, 0) is 10.0 Å². The summed E-state index contributed by atoms with van der Waals surface area (Å²) in [5.74, 6) is -0.560. The lowest BCUT2D eigenvalue weighted by atomic mass is 10.1. The monoisotopic (exact) mass is 432 g/mol. The first kappa shape index (κ1) is 21.7. The summed E-state index contributed by atoms with van der Waals surface area (Å²) in [7, 11) is -0.188. The first-order valence-electron chi connectivity index (χ1n) is 9.57. The number of hydrogen-bond acceptors (Lipinski definition) is 6. The summed E-state index contributed by atoms with van der Waals surface area (Å²) in [4.78, 5) is 25.2. The van der Waals surface area contributed by atoms with E-state index < -0.39 is 20.9 Å². The van der Waals surface area contributed by atoms with Crippen molar-refractivity contribution in [3.63, 3.8) is 0 Å². The van der Waals surface area contributed by atoms with Gasteiger partial charge in [0.05, 0.1) is 15.4 Å². The fourth-order valence-electron chi connectivity index (χ4n) is 3.40. The normalized spacial score (nSPS) is 14.9. The Kier molecular flexibility index (Phi) is 6.37. The van der Waals surface area contributed by atoms with E-state index in [2.05, 4.69) is 5.32 Å². The van der Waals surface area contributed by atoms with Crippen molar-refractivity contribution >= 4 is 33.0 Å². The second kappa shape index (κ2) is 8.80. The molecule has 2 aromatic carbocycles. The summed E-state index contributed by atoms with van der Waals surface area (Å²) in [6, 6.07) is 10.1. The lowest BCUT2D eigenvalue weighted by Crippen LogP contribution is -2.35. The van der Waals surface area contributed by atoms with Crippen molar-refractivity contribution in [2.75, 3.05) is 37.4 Å². The number of hydrogen-bond donors (Lipinski definition) is 1. The van der Waals surface area contributed by atoms with Gasteiger partial charge in [-0.2, -0.15) is 4.31 Å². The van der Waals surface area contributed by atoms with Crippen LogP contribution < -0.4 is 10.2 Å². The van der Waals surface area contributed by atoms with Crippen LogP contribution in [0.15, 0.2) is 47.4 Å². The lowest BCUT2D eigenvalue weighted by Gasteiger charge is -2.26. The molecule has 0 spiro atoms. The van der Waals surface area contributed by atoms with Crippen LogP contribution in [0.4, 0.5) is 17.1 Å². The van der Waals surface area contributed by atoms with E-state index in [1.54, 1.807) is 31.1 Å². The predicted octanol–water partition coefficient (Wildman–Crippen LogP) is 3.09. The highest BCUT2D eigenvalue weighted by atomic mass is 32.2. The van der Waals surface area contributed by atoms with Crippen molar-refractivity contribution in [3.05, 3.63) is 58.1 Å². The van der Waals surface area contributed by atoms with Crippen molar-refractivity contribution in [1.29, 1.82) is 0 Å². The summed E-state index contributed by atoms with van der Waals surface area (Å²) in [6.45, 7) is 0.970. The second-order valence-corrected chi connectivity index (χ2v) is 9.24. The fraction of sp³-hybridized carbons (Fsp3) is 0.350. The highest BCUT2D eigenvalue weighted by Crippen LogP contribution is 2.27. The average Bonchev–Trinajstić information content (AvgIpc) is 2.74. The average molecular weight is 433 g/mol. The van der Waals surface area contributed by atoms with E-state index in [-0.39, 0.29) is 16.1 Å². The molecule has 2 aromatic rings. The van der Waals surface area contributed by atoms with Gasteiger partial charge < -0.3 is 10.2 Å². The number of nitrogens with one attached hydrogen (secondary N) is 1. The molecule has 1 fully saturated rings. The number of benzene rings is 2. The minimum absolute atomic E-state index is 0.106. The summed E-state index contributed by atoms with van der Waals surface area (Å²) >= 11 is 0. The lowest BCUT2D eigenvalue weighted by molar-refractivity contribution is -0.384. The van der Waals surface area contributed by atoms with Crippen LogP contribution in [0.25, 0.3) is 0 Å². The van der Waals surface area contributed by atoms with Gasteiger partial charge in [0.2, 0.25) is 10.0 Å². The van der Waals surface area contributed by atoms with E-state index in [0.717, 1.165) is 19.3 Å². The van der Waals surface area contributed by atoms with E-state index >= 15 is 0 Å². The number of rotatable bonds is 6. The van der Waals surface area contributed by atoms with Gasteiger partial charge in [0, 0.05) is 50.7 Å². The third-order valence-corrected chi connectivity index (χ3v) is 6.86. The van der Waals surface area contributed by atoms with Crippen molar-refractivity contribution < 1.29 is 18.1 Å². The van der Waals surface area contributed by atoms with Gasteiger partial charge in [-0.05, 0) is 37.1 Å². The van der Waals surface area contributed by atoms with Gasteiger partial charge in [0.1, 0.15) is 0 Å². The number of sulfonamides is 1. The number of nitro benzene ring substituents is 1. The molecule has 0 atom stereocenters. The van der Waals surface area contributed by atoms with E-state index in [0.29, 0.717) is 24.5 Å². The van der Waals surface area contributed by atoms with Crippen LogP contribution in [0.2, 0.25) is 0 Å². The third kappa shape index (κ3) is 4.60. The van der Waals surface area contributed by atoms with Gasteiger partial charge in [0.15, 0.2) is 0 Å². The molecule has 3 rings (SSSR count). The molecule has 1 aliphatic rings. The number of piperidine rings is 1. The quantitative estimate of drug-likeness (QED) is 0.554. The molecule has 0 saturated carbocycles. The fourth-order valence-corrected chi connectivity index (χ4v) is 4.96. The zero-order valence-electron chi connectivity index (χ0n) is 16.9. The SMILES string of the molecule is CN(C)c1ccc([N+](=O)[O-])cc1C(=O)Nc1cccc(S(=O)(=O)N2CCCCC2)c1. The number of carbonyl (C=O) groups excluding carboxylic acids is 1. The van der Waals surface area contributed by atoms with E-state index in [9.17, 15) is 23.3 Å². The molecule has 9 nitrogen and oxygen atoms in total. The Morgan fingerprint density at radius 3 is 2.43 bits per heavy atom. The Morgan fingerprint density at radius 2 is 1.80 bits per heavy atom. The summed E-state index contributed by atoms with van der Waals surface area (Å²) in [5, 5.41) is 13.8. The van der Waals surface area contributed by atoms with Crippen LogP contribution in [0.1, 0.15) is 29.6 Å². The largest absolute Gasteiger partial charge is 0.377 e. The molecule has 0 radical (unpaired) electrons. The maximum Gasteiger partial charge on any atom is 0.270 e. The second-order valence-electron chi connectivity index (χ2n) is 7.30. The standard InChI is InChI=1S/C20H24N4O5S/c1-22(2)19-10-9-16(24(26)27)14-18(19)20(25)21-15-7-6-8-17(13-15)30(28,29)23-11-4-3-5-12-23/h6-10,13-14H,3-5,11-12H2,1-2H3,(H,21,25). The minimum Gasteiger partial charge on any atom is -0.377 e. The maximum atomic E-state index is 12.9. The Bertz CT molecular complexity index is 1060. The molecule has 30 heavy (non-hydrogen) atoms. The number of anilines is 2. The molecule has 1 saturated heterocycles. The first-order chi connectivity index (χ1) is 14.2. The van der Waals surface area contributed by atoms with Gasteiger partial charge in [-0.15, -0.1) is 0 Å². The molecule has 1 heterocycles. The van der Waals surface area contributed by atoms with Crippen LogP contribution in [0.3, 0.4) is 0 Å². The number of carbonyl (C=O) groups is 1. The van der Waals surface area contributed by atoms with E-state index in [1.165, 1.54) is 34.6 Å². The topological polar surface area (TPSA) is 113 Å². The summed E-state index contributed by atoms with van der Waals surface area (Å²) in [6.07, 6.45) is 2.67. The van der Waals surface area contributed by atoms with Gasteiger partial charge in [-0.25, -0.2) is 8.42 Å². The number of nitrogens with zero attached hydrogens (tertiary/aromatic N) is 3. The van der Waals surface area contributed by atoms with Crippen molar-refractivity contribution in [3.8, 4) is 0 Å². The molecule has 0 bridgehead atoms. The smallest absolute Gasteiger partial charge is 0.270 e. The van der Waals surface area contributed by atoms with E-state index in [4.69, 9.17) is 0 Å². The van der Waals surface area contributed by atoms with Crippen molar-refractivity contribution in [1.82, 2.24) is 4.31 Å². The Morgan fingerprint density at radius 1 is 1.10 bits per heavy atom. The first-order valence-corrected chi connectivity index (χ1v) is 11.0. The number of non-ortho nitro benzene ring substituents is 1. The molecule has 1 amide bonds. The molecular formula is C20H24N4O5S. The summed E-state index contributed by atoms with van der Waals surface area (Å²) < 4.78 is 27.2. The minimum atomic E-state index is -3.64. The Balaban J connectivity index is 1.89. The number of amides is 1. The van der Waals surface area contributed by atoms with Crippen LogP contribution in [0.5, 0.6) is 0 Å². The molecule has 1 aliphatic heterocycles. The molecule has 160 valence electrons.